The van der Waals surface area contributed by atoms with E-state index in [9.17, 15) is 20.0 Å². The molecule has 1 saturated carbocycles. The Morgan fingerprint density at radius 1 is 1.38 bits per heavy atom. The largest absolute Gasteiger partial charge is 0.388 e. The first-order chi connectivity index (χ1) is 9.82. The molecule has 0 radical (unpaired) electrons. The van der Waals surface area contributed by atoms with Gasteiger partial charge < -0.3 is 10.4 Å². The van der Waals surface area contributed by atoms with E-state index in [1.807, 2.05) is 0 Å². The van der Waals surface area contributed by atoms with Crippen LogP contribution in [0.15, 0.2) is 12.1 Å². The highest BCUT2D eigenvalue weighted by Crippen LogP contribution is 2.33. The van der Waals surface area contributed by atoms with Crippen LogP contribution in [-0.4, -0.2) is 28.1 Å². The number of carbonyl (C=O) groups is 1. The number of aliphatic hydroxyl groups is 1. The molecule has 21 heavy (non-hydrogen) atoms. The highest BCUT2D eigenvalue weighted by Gasteiger charge is 2.31. The number of nitrogens with one attached hydrogen (secondary N) is 1. The molecule has 0 bridgehead atoms. The fourth-order valence-electron chi connectivity index (χ4n) is 2.40. The summed E-state index contributed by atoms with van der Waals surface area (Å²) in [4.78, 5) is 22.2. The van der Waals surface area contributed by atoms with Crippen molar-refractivity contribution in [3.63, 3.8) is 0 Å². The molecule has 1 fully saturated rings. The summed E-state index contributed by atoms with van der Waals surface area (Å²) in [6.07, 6.45) is 3.11. The zero-order valence-corrected chi connectivity index (χ0v) is 12.6. The maximum Gasteiger partial charge on any atom is 0.290 e. The second-order valence-corrected chi connectivity index (χ2v) is 5.95. The van der Waals surface area contributed by atoms with Gasteiger partial charge in [-0.3, -0.25) is 14.9 Å². The Hall–Kier alpha value is -1.37. The topological polar surface area (TPSA) is 92.5 Å². The molecule has 2 N–H and O–H groups in total. The molecule has 0 aromatic heterocycles. The predicted molar refractivity (Wildman–Crippen MR) is 78.9 cm³/mol. The maximum atomic E-state index is 12.0. The van der Waals surface area contributed by atoms with Crippen molar-refractivity contribution in [2.75, 3.05) is 6.54 Å². The number of benzene rings is 1. The minimum absolute atomic E-state index is 0.0395. The number of nitro groups is 1. The zero-order chi connectivity index (χ0) is 15.6. The fraction of sp³-hybridized carbons (Fsp3) is 0.462. The van der Waals surface area contributed by atoms with Gasteiger partial charge in [0.2, 0.25) is 0 Å². The highest BCUT2D eigenvalue weighted by atomic mass is 35.5. The van der Waals surface area contributed by atoms with E-state index in [0.717, 1.165) is 18.9 Å². The van der Waals surface area contributed by atoms with Gasteiger partial charge in [-0.15, -0.1) is 0 Å². The summed E-state index contributed by atoms with van der Waals surface area (Å²) in [5.74, 6) is -0.531. The number of rotatable bonds is 4. The normalized spacial score (nSPS) is 16.7. The van der Waals surface area contributed by atoms with Crippen molar-refractivity contribution in [3.8, 4) is 0 Å². The van der Waals surface area contributed by atoms with Gasteiger partial charge >= 0.3 is 0 Å². The van der Waals surface area contributed by atoms with Gasteiger partial charge in [0.05, 0.1) is 15.5 Å². The van der Waals surface area contributed by atoms with E-state index in [2.05, 4.69) is 5.32 Å². The quantitative estimate of drug-likeness (QED) is 0.654. The third-order valence-electron chi connectivity index (χ3n) is 3.58. The van der Waals surface area contributed by atoms with Crippen molar-refractivity contribution in [3.05, 3.63) is 37.9 Å². The summed E-state index contributed by atoms with van der Waals surface area (Å²) in [6, 6.07) is 2.34. The van der Waals surface area contributed by atoms with Crippen LogP contribution >= 0.6 is 23.2 Å². The summed E-state index contributed by atoms with van der Waals surface area (Å²) in [5.41, 5.74) is -1.27. The molecule has 1 aliphatic carbocycles. The van der Waals surface area contributed by atoms with Gasteiger partial charge in [0, 0.05) is 18.2 Å². The minimum Gasteiger partial charge on any atom is -0.388 e. The predicted octanol–water partition coefficient (Wildman–Crippen LogP) is 2.94. The molecule has 0 atom stereocenters. The standard InChI is InChI=1S/C13H14Cl2N2O4/c14-9-5-8(6-10(11(9)15)17(20)21)12(18)16-7-13(19)3-1-2-4-13/h5-6,19H,1-4,7H2,(H,16,18). The Morgan fingerprint density at radius 2 is 2.00 bits per heavy atom. The monoisotopic (exact) mass is 332 g/mol. The molecule has 2 rings (SSSR count). The summed E-state index contributed by atoms with van der Waals surface area (Å²) < 4.78 is 0. The van der Waals surface area contributed by atoms with E-state index in [1.165, 1.54) is 6.07 Å². The van der Waals surface area contributed by atoms with Crippen LogP contribution in [-0.2, 0) is 0 Å². The van der Waals surface area contributed by atoms with Crippen LogP contribution in [0.1, 0.15) is 36.0 Å². The molecule has 0 unspecified atom stereocenters. The molecule has 8 heteroatoms. The Morgan fingerprint density at radius 3 is 2.57 bits per heavy atom. The lowest BCUT2D eigenvalue weighted by molar-refractivity contribution is -0.384. The van der Waals surface area contributed by atoms with Gasteiger partial charge in [0.15, 0.2) is 0 Å². The first kappa shape index (κ1) is 16.0. The maximum absolute atomic E-state index is 12.0. The van der Waals surface area contributed by atoms with Gasteiger partial charge in [-0.25, -0.2) is 0 Å². The molecule has 1 amide bonds. The second-order valence-electron chi connectivity index (χ2n) is 5.16. The van der Waals surface area contributed by atoms with E-state index in [1.54, 1.807) is 0 Å². The van der Waals surface area contributed by atoms with Gasteiger partial charge in [-0.1, -0.05) is 36.0 Å². The van der Waals surface area contributed by atoms with E-state index in [-0.39, 0.29) is 22.2 Å². The lowest BCUT2D eigenvalue weighted by Gasteiger charge is -2.22. The summed E-state index contributed by atoms with van der Waals surface area (Å²) in [6.45, 7) is 0.111. The Bertz CT molecular complexity index is 586. The van der Waals surface area contributed by atoms with Crippen LogP contribution in [0.25, 0.3) is 0 Å². The highest BCUT2D eigenvalue weighted by molar-refractivity contribution is 6.43. The average Bonchev–Trinajstić information content (AvgIpc) is 2.86. The summed E-state index contributed by atoms with van der Waals surface area (Å²) >= 11 is 11.5. The lowest BCUT2D eigenvalue weighted by Crippen LogP contribution is -2.40. The van der Waals surface area contributed by atoms with Crippen LogP contribution in [0.4, 0.5) is 5.69 Å². The lowest BCUT2D eigenvalue weighted by atomic mass is 10.0. The Labute approximate surface area is 131 Å². The zero-order valence-electron chi connectivity index (χ0n) is 11.1. The molecule has 0 aliphatic heterocycles. The third-order valence-corrected chi connectivity index (χ3v) is 4.37. The number of carbonyl (C=O) groups excluding carboxylic acids is 1. The summed E-state index contributed by atoms with van der Waals surface area (Å²) in [7, 11) is 0. The first-order valence-corrected chi connectivity index (χ1v) is 7.22. The number of halogens is 2. The van der Waals surface area contributed by atoms with Gasteiger partial charge in [-0.05, 0) is 18.9 Å². The van der Waals surface area contributed by atoms with Crippen LogP contribution in [0.3, 0.4) is 0 Å². The SMILES string of the molecule is O=C(NCC1(O)CCCC1)c1cc(Cl)c(Cl)c([N+](=O)[O-])c1. The van der Waals surface area contributed by atoms with Crippen molar-refractivity contribution in [2.45, 2.75) is 31.3 Å². The number of amides is 1. The van der Waals surface area contributed by atoms with Crippen LogP contribution in [0.2, 0.25) is 10.0 Å². The van der Waals surface area contributed by atoms with Crippen molar-refractivity contribution >= 4 is 34.8 Å². The van der Waals surface area contributed by atoms with Gasteiger partial charge in [0.1, 0.15) is 5.02 Å². The molecular weight excluding hydrogens is 319 g/mol. The smallest absolute Gasteiger partial charge is 0.290 e. The number of nitrogens with zero attached hydrogens (tertiary/aromatic N) is 1. The molecular formula is C13H14Cl2N2O4. The Balaban J connectivity index is 2.14. The van der Waals surface area contributed by atoms with Crippen molar-refractivity contribution in [1.82, 2.24) is 5.32 Å². The minimum atomic E-state index is -0.891. The van der Waals surface area contributed by atoms with Crippen molar-refractivity contribution in [1.29, 1.82) is 0 Å². The number of hydrogen-bond donors (Lipinski definition) is 2. The average molecular weight is 333 g/mol. The van der Waals surface area contributed by atoms with Crippen LogP contribution < -0.4 is 5.32 Å². The molecule has 6 nitrogen and oxygen atoms in total. The molecule has 0 spiro atoms. The van der Waals surface area contributed by atoms with E-state index in [4.69, 9.17) is 23.2 Å². The molecule has 114 valence electrons. The van der Waals surface area contributed by atoms with E-state index >= 15 is 0 Å². The second kappa shape index (κ2) is 6.17. The Kier molecular flexibility index (Phi) is 4.70. The summed E-state index contributed by atoms with van der Waals surface area (Å²) in [5, 5.41) is 23.3. The van der Waals surface area contributed by atoms with Crippen molar-refractivity contribution < 1.29 is 14.8 Å². The van der Waals surface area contributed by atoms with Crippen molar-refractivity contribution in [2.24, 2.45) is 0 Å². The molecule has 1 aliphatic rings. The fourth-order valence-corrected chi connectivity index (χ4v) is 2.79. The number of hydrogen-bond acceptors (Lipinski definition) is 4. The molecule has 1 aromatic rings. The molecule has 0 heterocycles. The van der Waals surface area contributed by atoms with E-state index in [0.29, 0.717) is 12.8 Å². The van der Waals surface area contributed by atoms with Gasteiger partial charge in [-0.2, -0.15) is 0 Å². The first-order valence-electron chi connectivity index (χ1n) is 6.46. The van der Waals surface area contributed by atoms with Crippen LogP contribution in [0, 0.1) is 10.1 Å². The van der Waals surface area contributed by atoms with Crippen LogP contribution in [0.5, 0.6) is 0 Å². The number of nitro benzene ring substituents is 1. The molecule has 1 aromatic carbocycles. The van der Waals surface area contributed by atoms with E-state index < -0.39 is 22.1 Å². The van der Waals surface area contributed by atoms with Gasteiger partial charge in [0.25, 0.3) is 11.6 Å². The third kappa shape index (κ3) is 3.64. The molecule has 0 saturated heterocycles.